The van der Waals surface area contributed by atoms with Gasteiger partial charge in [0.05, 0.1) is 30.2 Å². The van der Waals surface area contributed by atoms with Gasteiger partial charge in [0.15, 0.2) is 0 Å². The number of fused-ring (bicyclic) bond motifs is 2. The molecule has 6 rings (SSSR count). The zero-order valence-corrected chi connectivity index (χ0v) is 19.5. The van der Waals surface area contributed by atoms with Crippen molar-refractivity contribution in [1.82, 2.24) is 19.9 Å². The number of nitrogens with one attached hydrogen (secondary N) is 1. The van der Waals surface area contributed by atoms with E-state index >= 15 is 0 Å². The van der Waals surface area contributed by atoms with E-state index in [4.69, 9.17) is 15.5 Å². The van der Waals surface area contributed by atoms with Crippen LogP contribution in [0.1, 0.15) is 25.7 Å². The molecular weight excluding hydrogens is 442 g/mol. The van der Waals surface area contributed by atoms with Crippen molar-refractivity contribution in [2.75, 3.05) is 42.3 Å². The van der Waals surface area contributed by atoms with Crippen LogP contribution in [0.4, 0.5) is 17.6 Å². The molecule has 0 radical (unpaired) electrons. The summed E-state index contributed by atoms with van der Waals surface area (Å²) in [5.41, 5.74) is 8.87. The number of aliphatic hydroxyl groups is 1. The molecule has 9 heteroatoms. The van der Waals surface area contributed by atoms with Crippen LogP contribution in [-0.2, 0) is 4.74 Å². The van der Waals surface area contributed by atoms with Crippen molar-refractivity contribution < 1.29 is 9.84 Å². The van der Waals surface area contributed by atoms with Crippen molar-refractivity contribution in [1.29, 1.82) is 0 Å². The van der Waals surface area contributed by atoms with E-state index in [1.807, 2.05) is 12.3 Å². The van der Waals surface area contributed by atoms with Crippen LogP contribution in [0.25, 0.3) is 32.8 Å². The van der Waals surface area contributed by atoms with Crippen LogP contribution in [0.3, 0.4) is 0 Å². The lowest BCUT2D eigenvalue weighted by molar-refractivity contribution is 0.122. The highest BCUT2D eigenvalue weighted by molar-refractivity contribution is 6.01. The quantitative estimate of drug-likeness (QED) is 0.411. The minimum absolute atomic E-state index is 0.199. The number of aromatic nitrogens is 4. The van der Waals surface area contributed by atoms with E-state index in [1.54, 1.807) is 12.4 Å². The van der Waals surface area contributed by atoms with E-state index in [-0.39, 0.29) is 12.1 Å². The van der Waals surface area contributed by atoms with Crippen LogP contribution in [0.15, 0.2) is 42.9 Å². The van der Waals surface area contributed by atoms with Crippen molar-refractivity contribution in [3.63, 3.8) is 0 Å². The van der Waals surface area contributed by atoms with Gasteiger partial charge in [-0.15, -0.1) is 0 Å². The van der Waals surface area contributed by atoms with Gasteiger partial charge < -0.3 is 25.8 Å². The van der Waals surface area contributed by atoms with Gasteiger partial charge in [-0.1, -0.05) is 12.1 Å². The average molecular weight is 472 g/mol. The normalized spacial score (nSPS) is 20.9. The number of hydrogen-bond acceptors (Lipinski definition) is 9. The molecule has 35 heavy (non-hydrogen) atoms. The molecular formula is C26H29N7O2. The van der Waals surface area contributed by atoms with Gasteiger partial charge in [0, 0.05) is 48.7 Å². The molecule has 9 nitrogen and oxygen atoms in total. The lowest BCUT2D eigenvalue weighted by Crippen LogP contribution is -2.36. The molecule has 0 amide bonds. The maximum atomic E-state index is 9.80. The number of benzene rings is 1. The number of morpholine rings is 1. The molecule has 4 N–H and O–H groups in total. The van der Waals surface area contributed by atoms with Gasteiger partial charge >= 0.3 is 0 Å². The Morgan fingerprint density at radius 2 is 1.80 bits per heavy atom. The highest BCUT2D eigenvalue weighted by Crippen LogP contribution is 2.34. The monoisotopic (exact) mass is 471 g/mol. The number of pyridine rings is 2. The van der Waals surface area contributed by atoms with Gasteiger partial charge in [0.25, 0.3) is 0 Å². The fourth-order valence-electron chi connectivity index (χ4n) is 5.08. The molecule has 0 spiro atoms. The smallest absolute Gasteiger partial charge is 0.223 e. The molecule has 2 aliphatic rings. The van der Waals surface area contributed by atoms with E-state index < -0.39 is 0 Å². The maximum Gasteiger partial charge on any atom is 0.223 e. The van der Waals surface area contributed by atoms with Gasteiger partial charge in [-0.3, -0.25) is 0 Å². The Morgan fingerprint density at radius 3 is 2.63 bits per heavy atom. The molecule has 1 aliphatic heterocycles. The van der Waals surface area contributed by atoms with E-state index in [1.165, 1.54) is 0 Å². The number of nitrogens with zero attached hydrogens (tertiary/aromatic N) is 5. The Bertz CT molecular complexity index is 1360. The van der Waals surface area contributed by atoms with Crippen LogP contribution >= 0.6 is 0 Å². The summed E-state index contributed by atoms with van der Waals surface area (Å²) in [7, 11) is 0. The Labute approximate surface area is 203 Å². The number of nitrogen functional groups attached to an aromatic ring is 1. The lowest BCUT2D eigenvalue weighted by atomic mass is 9.93. The van der Waals surface area contributed by atoms with Gasteiger partial charge in [-0.25, -0.2) is 19.9 Å². The van der Waals surface area contributed by atoms with Crippen molar-refractivity contribution in [3.8, 4) is 11.1 Å². The van der Waals surface area contributed by atoms with Crippen molar-refractivity contribution in [2.45, 2.75) is 37.8 Å². The molecule has 1 saturated heterocycles. The highest BCUT2D eigenvalue weighted by atomic mass is 16.5. The zero-order valence-electron chi connectivity index (χ0n) is 19.5. The van der Waals surface area contributed by atoms with Gasteiger partial charge in [0.1, 0.15) is 11.6 Å². The van der Waals surface area contributed by atoms with Crippen LogP contribution < -0.4 is 16.0 Å². The molecule has 2 fully saturated rings. The molecule has 0 unspecified atom stereocenters. The summed E-state index contributed by atoms with van der Waals surface area (Å²) >= 11 is 0. The average Bonchev–Trinajstić information content (AvgIpc) is 2.90. The third-order valence-corrected chi connectivity index (χ3v) is 7.05. The predicted octanol–water partition coefficient (Wildman–Crippen LogP) is 3.37. The van der Waals surface area contributed by atoms with E-state index in [9.17, 15) is 5.11 Å². The van der Waals surface area contributed by atoms with Crippen molar-refractivity contribution in [2.24, 2.45) is 0 Å². The molecule has 180 valence electrons. The second-order valence-electron chi connectivity index (χ2n) is 9.33. The highest BCUT2D eigenvalue weighted by Gasteiger charge is 2.21. The van der Waals surface area contributed by atoms with Crippen LogP contribution in [0.5, 0.6) is 0 Å². The summed E-state index contributed by atoms with van der Waals surface area (Å²) in [6, 6.07) is 8.67. The van der Waals surface area contributed by atoms with Crippen LogP contribution in [-0.4, -0.2) is 63.5 Å². The Morgan fingerprint density at radius 1 is 0.971 bits per heavy atom. The summed E-state index contributed by atoms with van der Waals surface area (Å²) in [6.45, 7) is 3.12. The molecule has 4 aromatic rings. The lowest BCUT2D eigenvalue weighted by Gasteiger charge is -2.28. The summed E-state index contributed by atoms with van der Waals surface area (Å²) in [4.78, 5) is 20.7. The van der Waals surface area contributed by atoms with Crippen LogP contribution in [0, 0.1) is 0 Å². The fraction of sp³-hybridized carbons (Fsp3) is 0.385. The molecule has 0 bridgehead atoms. The first-order valence-electron chi connectivity index (χ1n) is 12.2. The first-order chi connectivity index (χ1) is 17.2. The molecule has 1 aromatic carbocycles. The second kappa shape index (κ2) is 9.24. The zero-order chi connectivity index (χ0) is 23.8. The number of nitrogens with two attached hydrogens (primary N) is 1. The minimum Gasteiger partial charge on any atom is -0.393 e. The van der Waals surface area contributed by atoms with E-state index in [0.717, 1.165) is 90.6 Å². The topological polar surface area (TPSA) is 122 Å². The molecule has 1 saturated carbocycles. The number of anilines is 3. The Kier molecular flexibility index (Phi) is 5.79. The third kappa shape index (κ3) is 4.33. The second-order valence-corrected chi connectivity index (χ2v) is 9.33. The standard InChI is InChI=1S/C26H29N7O2/c27-24-22-15-30-26(31-18-2-4-19(34)5-3-18)32-23(22)21(14-29-24)16-1-6-20-17(13-16)7-8-28-25(20)33-9-11-35-12-10-33/h1,6-8,13-15,18-19,34H,2-5,9-12H2,(H2,27,29)(H,30,31,32)/t18-,19-. The number of aliphatic hydroxyl groups excluding tert-OH is 1. The van der Waals surface area contributed by atoms with E-state index in [2.05, 4.69) is 43.4 Å². The van der Waals surface area contributed by atoms with E-state index in [0.29, 0.717) is 11.8 Å². The summed E-state index contributed by atoms with van der Waals surface area (Å²) in [6.07, 6.45) is 8.59. The number of rotatable bonds is 4. The number of ether oxygens (including phenoxy) is 1. The van der Waals surface area contributed by atoms with Crippen molar-refractivity contribution >= 4 is 39.3 Å². The first kappa shape index (κ1) is 21.9. The Hall–Kier alpha value is -3.56. The molecule has 3 aromatic heterocycles. The van der Waals surface area contributed by atoms with Gasteiger partial charge in [-0.2, -0.15) is 0 Å². The summed E-state index contributed by atoms with van der Waals surface area (Å²) in [5, 5.41) is 16.2. The minimum atomic E-state index is -0.199. The first-order valence-corrected chi connectivity index (χ1v) is 12.2. The molecule has 4 heterocycles. The van der Waals surface area contributed by atoms with Gasteiger partial charge in [-0.05, 0) is 48.8 Å². The molecule has 0 atom stereocenters. The SMILES string of the molecule is Nc1ncc(-c2ccc3c(N4CCOCC4)nccc3c2)c2nc(N[C@H]3CC[C@H](O)CC3)ncc12. The third-order valence-electron chi connectivity index (χ3n) is 7.05. The maximum absolute atomic E-state index is 9.80. The fourth-order valence-corrected chi connectivity index (χ4v) is 5.08. The number of hydrogen-bond donors (Lipinski definition) is 3. The largest absolute Gasteiger partial charge is 0.393 e. The molecule has 1 aliphatic carbocycles. The summed E-state index contributed by atoms with van der Waals surface area (Å²) in [5.74, 6) is 1.98. The van der Waals surface area contributed by atoms with Gasteiger partial charge in [0.2, 0.25) is 5.95 Å². The van der Waals surface area contributed by atoms with Crippen molar-refractivity contribution in [3.05, 3.63) is 42.9 Å². The van der Waals surface area contributed by atoms with Crippen LogP contribution in [0.2, 0.25) is 0 Å². The predicted molar refractivity (Wildman–Crippen MR) is 137 cm³/mol. The summed E-state index contributed by atoms with van der Waals surface area (Å²) < 4.78 is 5.51. The Balaban J connectivity index is 1.38.